The molecule has 0 N–H and O–H groups in total. The minimum Gasteiger partial charge on any atom is -0.497 e. The second kappa shape index (κ2) is 12.5. The normalized spacial score (nSPS) is 9.68. The Morgan fingerprint density at radius 2 is 1.61 bits per heavy atom. The van der Waals surface area contributed by atoms with Gasteiger partial charge in [0, 0.05) is 16.2 Å². The molecule has 0 saturated carbocycles. The fourth-order valence-corrected chi connectivity index (χ4v) is 3.82. The molecule has 3 aromatic rings. The van der Waals surface area contributed by atoms with Crippen molar-refractivity contribution in [1.29, 1.82) is 0 Å². The van der Waals surface area contributed by atoms with Crippen LogP contribution in [-0.4, -0.2) is 22.6 Å². The Morgan fingerprint density at radius 1 is 1.00 bits per heavy atom. The second-order valence-electron chi connectivity index (χ2n) is 4.88. The fourth-order valence-electron chi connectivity index (χ4n) is 1.70. The van der Waals surface area contributed by atoms with Gasteiger partial charge in [0.25, 0.3) is 9.05 Å². The molecule has 0 aliphatic heterocycles. The summed E-state index contributed by atoms with van der Waals surface area (Å²) >= 11 is 4.89. The van der Waals surface area contributed by atoms with Gasteiger partial charge >= 0.3 is 0 Å². The standard InChI is InChI=1S/C8H6.C7H7ClO3S.C5H5BrOS/c1-2-8-6-4-3-5-7-8;1-11-6-2-4-7(5-3-6)12(8,9)10;1-7-5-4(6)2-3-8-5/h1,3-7H;2-5H,1H3;2-3H,1H3. The molecule has 148 valence electrons. The summed E-state index contributed by atoms with van der Waals surface area (Å²) in [6, 6.07) is 17.4. The van der Waals surface area contributed by atoms with Gasteiger partial charge < -0.3 is 9.47 Å². The minimum atomic E-state index is -3.61. The van der Waals surface area contributed by atoms with Crippen LogP contribution in [0.4, 0.5) is 0 Å². The van der Waals surface area contributed by atoms with Crippen LogP contribution in [-0.2, 0) is 9.05 Å². The van der Waals surface area contributed by atoms with Gasteiger partial charge in [-0.1, -0.05) is 24.1 Å². The third kappa shape index (κ3) is 8.81. The van der Waals surface area contributed by atoms with Crippen LogP contribution < -0.4 is 9.47 Å². The minimum absolute atomic E-state index is 0.0740. The summed E-state index contributed by atoms with van der Waals surface area (Å²) in [4.78, 5) is 0.0740. The first-order valence-electron chi connectivity index (χ1n) is 7.69. The third-order valence-corrected chi connectivity index (χ3v) is 6.18. The first-order chi connectivity index (χ1) is 13.3. The first-order valence-corrected chi connectivity index (χ1v) is 11.7. The van der Waals surface area contributed by atoms with E-state index in [2.05, 4.69) is 21.9 Å². The lowest BCUT2D eigenvalue weighted by Crippen LogP contribution is -1.90. The highest BCUT2D eigenvalue weighted by Gasteiger charge is 2.08. The van der Waals surface area contributed by atoms with Gasteiger partial charge in [0.1, 0.15) is 5.75 Å². The lowest BCUT2D eigenvalue weighted by atomic mass is 10.2. The molecule has 0 fully saturated rings. The van der Waals surface area contributed by atoms with Gasteiger partial charge in [0.2, 0.25) is 0 Å². The highest BCUT2D eigenvalue weighted by Crippen LogP contribution is 2.30. The average Bonchev–Trinajstić information content (AvgIpc) is 3.14. The van der Waals surface area contributed by atoms with Crippen molar-refractivity contribution in [1.82, 2.24) is 0 Å². The van der Waals surface area contributed by atoms with Crippen LogP contribution in [0.3, 0.4) is 0 Å². The van der Waals surface area contributed by atoms with Crippen LogP contribution in [0.15, 0.2) is 75.4 Å². The van der Waals surface area contributed by atoms with Crippen LogP contribution in [0.25, 0.3) is 0 Å². The van der Waals surface area contributed by atoms with E-state index in [1.54, 1.807) is 18.4 Å². The zero-order valence-corrected chi connectivity index (χ0v) is 19.1. The quantitative estimate of drug-likeness (QED) is 0.336. The number of halogens is 2. The predicted octanol–water partition coefficient (Wildman–Crippen LogP) is 5.81. The van der Waals surface area contributed by atoms with Gasteiger partial charge in [0.15, 0.2) is 5.06 Å². The molecule has 1 aromatic heterocycles. The van der Waals surface area contributed by atoms with E-state index in [1.807, 2.05) is 41.8 Å². The molecule has 0 radical (unpaired) electrons. The highest BCUT2D eigenvalue weighted by molar-refractivity contribution is 9.10. The molecule has 0 amide bonds. The third-order valence-electron chi connectivity index (χ3n) is 3.05. The molecule has 0 atom stereocenters. The van der Waals surface area contributed by atoms with Crippen molar-refractivity contribution >= 4 is 47.0 Å². The van der Waals surface area contributed by atoms with Crippen LogP contribution in [0.5, 0.6) is 10.8 Å². The van der Waals surface area contributed by atoms with E-state index in [9.17, 15) is 8.42 Å². The van der Waals surface area contributed by atoms with Crippen molar-refractivity contribution in [2.75, 3.05) is 14.2 Å². The number of methoxy groups -OCH3 is 2. The molecule has 0 unspecified atom stereocenters. The summed E-state index contributed by atoms with van der Waals surface area (Å²) in [5.41, 5.74) is 0.938. The summed E-state index contributed by atoms with van der Waals surface area (Å²) in [7, 11) is 4.64. The molecule has 0 aliphatic rings. The van der Waals surface area contributed by atoms with Crippen LogP contribution in [0, 0.1) is 12.3 Å². The lowest BCUT2D eigenvalue weighted by Gasteiger charge is -1.99. The number of terminal acetylenes is 1. The lowest BCUT2D eigenvalue weighted by molar-refractivity contribution is 0.414. The van der Waals surface area contributed by atoms with Crippen molar-refractivity contribution in [3.63, 3.8) is 0 Å². The Kier molecular flexibility index (Phi) is 10.7. The van der Waals surface area contributed by atoms with E-state index in [4.69, 9.17) is 26.6 Å². The zero-order valence-electron chi connectivity index (χ0n) is 15.1. The van der Waals surface area contributed by atoms with Gasteiger partial charge in [-0.3, -0.25) is 0 Å². The fraction of sp³-hybridized carbons (Fsp3) is 0.100. The molecule has 0 bridgehead atoms. The molecule has 0 aliphatic carbocycles. The van der Waals surface area contributed by atoms with E-state index >= 15 is 0 Å². The smallest absolute Gasteiger partial charge is 0.261 e. The summed E-state index contributed by atoms with van der Waals surface area (Å²) in [5.74, 6) is 3.12. The molecular weight excluding hydrogens is 484 g/mol. The van der Waals surface area contributed by atoms with Crippen LogP contribution >= 0.6 is 37.9 Å². The van der Waals surface area contributed by atoms with E-state index in [1.165, 1.54) is 31.4 Å². The van der Waals surface area contributed by atoms with Gasteiger partial charge in [-0.25, -0.2) is 8.42 Å². The number of hydrogen-bond donors (Lipinski definition) is 0. The van der Waals surface area contributed by atoms with E-state index in [0.717, 1.165) is 15.1 Å². The van der Waals surface area contributed by atoms with Crippen molar-refractivity contribution < 1.29 is 17.9 Å². The van der Waals surface area contributed by atoms with E-state index < -0.39 is 9.05 Å². The maximum absolute atomic E-state index is 10.8. The monoisotopic (exact) mass is 500 g/mol. The molecule has 0 saturated heterocycles. The number of hydrogen-bond acceptors (Lipinski definition) is 5. The molecule has 2 aromatic carbocycles. The SMILES string of the molecule is C#Cc1ccccc1.COc1ccc(S(=O)(=O)Cl)cc1.COc1sccc1Br. The number of ether oxygens (including phenoxy) is 2. The van der Waals surface area contributed by atoms with E-state index in [0.29, 0.717) is 5.75 Å². The first kappa shape index (κ1) is 24.1. The van der Waals surface area contributed by atoms with E-state index in [-0.39, 0.29) is 4.90 Å². The average molecular weight is 502 g/mol. The Hall–Kier alpha value is -1.98. The molecular formula is C20H18BrClO4S2. The van der Waals surface area contributed by atoms with Crippen molar-refractivity contribution in [3.8, 4) is 23.2 Å². The van der Waals surface area contributed by atoms with Crippen molar-refractivity contribution in [3.05, 3.63) is 76.1 Å². The summed E-state index contributed by atoms with van der Waals surface area (Å²) in [6.07, 6.45) is 5.10. The Balaban J connectivity index is 0.000000217. The zero-order chi connectivity index (χ0) is 21.0. The second-order valence-corrected chi connectivity index (χ2v) is 9.18. The predicted molar refractivity (Wildman–Crippen MR) is 119 cm³/mol. The van der Waals surface area contributed by atoms with Crippen LogP contribution in [0.2, 0.25) is 0 Å². The van der Waals surface area contributed by atoms with Crippen molar-refractivity contribution in [2.45, 2.75) is 4.90 Å². The van der Waals surface area contributed by atoms with Gasteiger partial charge in [-0.2, -0.15) is 0 Å². The van der Waals surface area contributed by atoms with Gasteiger partial charge in [-0.15, -0.1) is 17.8 Å². The number of benzene rings is 2. The molecule has 1 heterocycles. The summed E-state index contributed by atoms with van der Waals surface area (Å²) in [6.45, 7) is 0. The van der Waals surface area contributed by atoms with Gasteiger partial charge in [-0.05, 0) is 63.8 Å². The Bertz CT molecular complexity index is 979. The molecule has 28 heavy (non-hydrogen) atoms. The van der Waals surface area contributed by atoms with Gasteiger partial charge in [0.05, 0.1) is 23.6 Å². The number of rotatable bonds is 3. The Labute approximate surface area is 182 Å². The number of thiophene rings is 1. The Morgan fingerprint density at radius 3 is 1.93 bits per heavy atom. The molecule has 0 spiro atoms. The molecule has 3 rings (SSSR count). The maximum Gasteiger partial charge on any atom is 0.261 e. The summed E-state index contributed by atoms with van der Waals surface area (Å²) in [5, 5.41) is 2.91. The highest BCUT2D eigenvalue weighted by atomic mass is 79.9. The van der Waals surface area contributed by atoms with Crippen molar-refractivity contribution in [2.24, 2.45) is 0 Å². The maximum atomic E-state index is 10.8. The summed E-state index contributed by atoms with van der Waals surface area (Å²) < 4.78 is 32.3. The molecule has 8 heteroatoms. The molecule has 4 nitrogen and oxygen atoms in total. The van der Waals surface area contributed by atoms with Crippen LogP contribution in [0.1, 0.15) is 5.56 Å². The largest absolute Gasteiger partial charge is 0.497 e. The topological polar surface area (TPSA) is 52.6 Å².